The van der Waals surface area contributed by atoms with Crippen LogP contribution < -0.4 is 0 Å². The van der Waals surface area contributed by atoms with E-state index in [9.17, 15) is 4.79 Å². The van der Waals surface area contributed by atoms with Crippen LogP contribution in [0.5, 0.6) is 0 Å². The summed E-state index contributed by atoms with van der Waals surface area (Å²) in [7, 11) is 1.81. The maximum Gasteiger partial charge on any atom is 0.145 e. The summed E-state index contributed by atoms with van der Waals surface area (Å²) >= 11 is 0. The van der Waals surface area contributed by atoms with E-state index in [1.165, 1.54) is 12.8 Å². The van der Waals surface area contributed by atoms with E-state index >= 15 is 0 Å². The van der Waals surface area contributed by atoms with Crippen LogP contribution in [0.4, 0.5) is 0 Å². The van der Waals surface area contributed by atoms with Crippen molar-refractivity contribution in [2.24, 2.45) is 22.7 Å². The molecule has 2 aliphatic rings. The fourth-order valence-corrected chi connectivity index (χ4v) is 4.10. The molecule has 3 atom stereocenters. The average molecular weight is 250 g/mol. The Labute approximate surface area is 111 Å². The summed E-state index contributed by atoms with van der Waals surface area (Å²) in [4.78, 5) is 10.9. The Hall–Kier alpha value is -0.630. The van der Waals surface area contributed by atoms with Crippen molar-refractivity contribution in [1.29, 1.82) is 0 Å². The molecule has 0 heterocycles. The van der Waals surface area contributed by atoms with Crippen LogP contribution in [0.15, 0.2) is 11.6 Å². The number of aldehydes is 1. The molecule has 0 aromatic rings. The predicted molar refractivity (Wildman–Crippen MR) is 73.4 cm³/mol. The molecule has 0 amide bonds. The van der Waals surface area contributed by atoms with Crippen LogP contribution in [0.2, 0.25) is 0 Å². The summed E-state index contributed by atoms with van der Waals surface area (Å²) in [5.74, 6) is 1.56. The molecule has 2 saturated carbocycles. The van der Waals surface area contributed by atoms with Gasteiger partial charge in [-0.2, -0.15) is 0 Å². The molecule has 0 aromatic heterocycles. The van der Waals surface area contributed by atoms with Gasteiger partial charge in [0.2, 0.25) is 0 Å². The number of methoxy groups -OCH3 is 1. The van der Waals surface area contributed by atoms with E-state index in [0.717, 1.165) is 37.2 Å². The van der Waals surface area contributed by atoms with Gasteiger partial charge in [-0.15, -0.1) is 0 Å². The summed E-state index contributed by atoms with van der Waals surface area (Å²) in [5.41, 5.74) is 1.71. The molecular formula is C16H26O2. The summed E-state index contributed by atoms with van der Waals surface area (Å²) in [6, 6.07) is 0. The minimum Gasteiger partial charge on any atom is -0.384 e. The number of hydrogen-bond acceptors (Lipinski definition) is 2. The number of hydrogen-bond donors (Lipinski definition) is 0. The van der Waals surface area contributed by atoms with Crippen LogP contribution in [-0.2, 0) is 9.53 Å². The van der Waals surface area contributed by atoms with E-state index in [1.807, 2.05) is 14.0 Å². The quantitative estimate of drug-likeness (QED) is 0.532. The Morgan fingerprint density at radius 1 is 1.44 bits per heavy atom. The van der Waals surface area contributed by atoms with Gasteiger partial charge in [-0.05, 0) is 48.5 Å². The van der Waals surface area contributed by atoms with Gasteiger partial charge in [-0.1, -0.05) is 26.8 Å². The minimum absolute atomic E-state index is 0.339. The summed E-state index contributed by atoms with van der Waals surface area (Å²) < 4.78 is 5.45. The van der Waals surface area contributed by atoms with Crippen molar-refractivity contribution in [2.45, 2.75) is 46.5 Å². The fraction of sp³-hybridized carbons (Fsp3) is 0.812. The van der Waals surface area contributed by atoms with Gasteiger partial charge in [-0.25, -0.2) is 0 Å². The highest BCUT2D eigenvalue weighted by Crippen LogP contribution is 2.74. The minimum atomic E-state index is 0.339. The largest absolute Gasteiger partial charge is 0.384 e. The fourth-order valence-electron chi connectivity index (χ4n) is 4.10. The van der Waals surface area contributed by atoms with Crippen molar-refractivity contribution in [3.05, 3.63) is 11.6 Å². The predicted octanol–water partition coefficient (Wildman–Crippen LogP) is 3.61. The Balaban J connectivity index is 2.05. The first-order chi connectivity index (χ1) is 8.51. The Kier molecular flexibility index (Phi) is 3.68. The van der Waals surface area contributed by atoms with Gasteiger partial charge in [0.1, 0.15) is 6.29 Å². The zero-order valence-electron chi connectivity index (χ0n) is 12.2. The van der Waals surface area contributed by atoms with Crippen molar-refractivity contribution < 1.29 is 9.53 Å². The van der Waals surface area contributed by atoms with Crippen LogP contribution in [0, 0.1) is 22.7 Å². The smallest absolute Gasteiger partial charge is 0.145 e. The zero-order chi connectivity index (χ0) is 13.4. The van der Waals surface area contributed by atoms with Crippen LogP contribution >= 0.6 is 0 Å². The maximum atomic E-state index is 10.9. The standard InChI is InChI=1S/C16H26O2/c1-5-12(10-17)6-7-13-8-14-9-16(14,11-18-4)15(13,2)3/h6,10,13-14H,5,7-9,11H2,1-4H3/b12-6+. The van der Waals surface area contributed by atoms with Crippen LogP contribution in [0.1, 0.15) is 46.5 Å². The molecule has 0 aromatic carbocycles. The maximum absolute atomic E-state index is 10.9. The van der Waals surface area contributed by atoms with Gasteiger partial charge in [-0.3, -0.25) is 4.79 Å². The molecule has 0 bridgehead atoms. The highest BCUT2D eigenvalue weighted by molar-refractivity contribution is 5.72. The Morgan fingerprint density at radius 2 is 2.17 bits per heavy atom. The molecule has 0 spiro atoms. The second-order valence-corrected chi connectivity index (χ2v) is 6.63. The number of carbonyl (C=O) groups is 1. The lowest BCUT2D eigenvalue weighted by Crippen LogP contribution is -2.32. The van der Waals surface area contributed by atoms with E-state index in [0.29, 0.717) is 16.7 Å². The normalized spacial score (nSPS) is 37.4. The first-order valence-corrected chi connectivity index (χ1v) is 7.15. The Morgan fingerprint density at radius 3 is 2.72 bits per heavy atom. The lowest BCUT2D eigenvalue weighted by molar-refractivity contribution is -0.105. The summed E-state index contributed by atoms with van der Waals surface area (Å²) in [6.07, 6.45) is 7.71. The van der Waals surface area contributed by atoms with E-state index in [4.69, 9.17) is 4.74 Å². The Bertz CT molecular complexity index is 356. The molecule has 0 radical (unpaired) electrons. The average Bonchev–Trinajstić information content (AvgIpc) is 2.99. The summed E-state index contributed by atoms with van der Waals surface area (Å²) in [6.45, 7) is 7.73. The zero-order valence-corrected chi connectivity index (χ0v) is 12.2. The molecule has 2 heteroatoms. The van der Waals surface area contributed by atoms with Gasteiger partial charge < -0.3 is 4.74 Å². The highest BCUT2D eigenvalue weighted by Gasteiger charge is 2.69. The molecule has 2 rings (SSSR count). The monoisotopic (exact) mass is 250 g/mol. The van der Waals surface area contributed by atoms with Crippen LogP contribution in [0.25, 0.3) is 0 Å². The number of fused-ring (bicyclic) bond motifs is 1. The molecule has 2 aliphatic carbocycles. The van der Waals surface area contributed by atoms with E-state index in [-0.39, 0.29) is 0 Å². The van der Waals surface area contributed by atoms with Gasteiger partial charge >= 0.3 is 0 Å². The van der Waals surface area contributed by atoms with Crippen molar-refractivity contribution in [1.82, 2.24) is 0 Å². The molecular weight excluding hydrogens is 224 g/mol. The van der Waals surface area contributed by atoms with Gasteiger partial charge in [0, 0.05) is 12.5 Å². The first kappa shape index (κ1) is 13.8. The van der Waals surface area contributed by atoms with E-state index in [1.54, 1.807) is 0 Å². The number of ether oxygens (including phenoxy) is 1. The van der Waals surface area contributed by atoms with Crippen molar-refractivity contribution in [2.75, 3.05) is 13.7 Å². The number of allylic oxidation sites excluding steroid dienone is 2. The lowest BCUT2D eigenvalue weighted by Gasteiger charge is -2.36. The third kappa shape index (κ3) is 1.95. The molecule has 0 aliphatic heterocycles. The number of rotatable bonds is 6. The second kappa shape index (κ2) is 4.80. The van der Waals surface area contributed by atoms with E-state index in [2.05, 4.69) is 19.9 Å². The van der Waals surface area contributed by atoms with Crippen molar-refractivity contribution in [3.63, 3.8) is 0 Å². The number of carbonyl (C=O) groups excluding carboxylic acids is 1. The van der Waals surface area contributed by atoms with E-state index < -0.39 is 0 Å². The van der Waals surface area contributed by atoms with Gasteiger partial charge in [0.25, 0.3) is 0 Å². The molecule has 0 N–H and O–H groups in total. The van der Waals surface area contributed by atoms with Crippen LogP contribution in [-0.4, -0.2) is 20.0 Å². The van der Waals surface area contributed by atoms with Crippen molar-refractivity contribution in [3.8, 4) is 0 Å². The van der Waals surface area contributed by atoms with Crippen molar-refractivity contribution >= 4 is 6.29 Å². The van der Waals surface area contributed by atoms with Gasteiger partial charge in [0.05, 0.1) is 6.61 Å². The van der Waals surface area contributed by atoms with Crippen LogP contribution in [0.3, 0.4) is 0 Å². The third-order valence-corrected chi connectivity index (χ3v) is 5.73. The highest BCUT2D eigenvalue weighted by atomic mass is 16.5. The third-order valence-electron chi connectivity index (χ3n) is 5.73. The second-order valence-electron chi connectivity index (χ2n) is 6.63. The molecule has 2 nitrogen and oxygen atoms in total. The lowest BCUT2D eigenvalue weighted by atomic mass is 9.69. The molecule has 3 unspecified atom stereocenters. The molecule has 102 valence electrons. The van der Waals surface area contributed by atoms with Gasteiger partial charge in [0.15, 0.2) is 0 Å². The summed E-state index contributed by atoms with van der Waals surface area (Å²) in [5, 5.41) is 0. The topological polar surface area (TPSA) is 26.3 Å². The first-order valence-electron chi connectivity index (χ1n) is 7.15. The SMILES string of the molecule is CC/C(C=O)=C\CC1CC2CC2(COC)C1(C)C. The molecule has 18 heavy (non-hydrogen) atoms. The molecule has 2 fully saturated rings. The molecule has 0 saturated heterocycles.